The maximum atomic E-state index is 10.9. The highest BCUT2D eigenvalue weighted by molar-refractivity contribution is 7.94. The van der Waals surface area contributed by atoms with Crippen LogP contribution in [-0.4, -0.2) is 17.1 Å². The predicted octanol–water partition coefficient (Wildman–Crippen LogP) is -0.283. The minimum Gasteiger partial charge on any atom is -0.313 e. The van der Waals surface area contributed by atoms with Gasteiger partial charge in [-0.1, -0.05) is 0 Å². The summed E-state index contributed by atoms with van der Waals surface area (Å²) in [5.41, 5.74) is -0.962. The maximum Gasteiger partial charge on any atom is 0.325 e. The Balaban J connectivity index is 3.10. The summed E-state index contributed by atoms with van der Waals surface area (Å²) in [7, 11) is 1.44. The van der Waals surface area contributed by atoms with E-state index in [0.29, 0.717) is 4.90 Å². The molecule has 0 radical (unpaired) electrons. The van der Waals surface area contributed by atoms with Gasteiger partial charge in [-0.15, -0.1) is 0 Å². The molecule has 0 atom stereocenters. The van der Waals surface area contributed by atoms with Crippen LogP contribution in [0.2, 0.25) is 0 Å². The van der Waals surface area contributed by atoms with Gasteiger partial charge in [-0.05, 0) is 0 Å². The van der Waals surface area contributed by atoms with Crippen molar-refractivity contribution < 1.29 is 4.18 Å². The fraction of sp³-hybridized carbons (Fsp3) is 0.200. The molecule has 0 bridgehead atoms. The van der Waals surface area contributed by atoms with Crippen LogP contribution in [0.5, 0.6) is 0 Å². The summed E-state index contributed by atoms with van der Waals surface area (Å²) in [6, 6.07) is 0. The van der Waals surface area contributed by atoms with Gasteiger partial charge in [-0.25, -0.2) is 4.79 Å². The summed E-state index contributed by atoms with van der Waals surface area (Å²) >= 11 is 0.897. The van der Waals surface area contributed by atoms with Gasteiger partial charge in [0.2, 0.25) is 0 Å². The summed E-state index contributed by atoms with van der Waals surface area (Å²) in [5, 5.41) is 0. The van der Waals surface area contributed by atoms with Crippen molar-refractivity contribution in [1.29, 1.82) is 0 Å². The van der Waals surface area contributed by atoms with Crippen LogP contribution in [0.3, 0.4) is 0 Å². The Morgan fingerprint density at radius 2 is 2.27 bits per heavy atom. The molecule has 2 N–H and O–H groups in total. The van der Waals surface area contributed by atoms with Crippen LogP contribution in [0, 0.1) is 0 Å². The lowest BCUT2D eigenvalue weighted by Crippen LogP contribution is -2.22. The zero-order chi connectivity index (χ0) is 8.27. The molecule has 1 aromatic rings. The number of H-pyrrole nitrogens is 2. The third-order valence-electron chi connectivity index (χ3n) is 0.958. The molecule has 6 heteroatoms. The van der Waals surface area contributed by atoms with Crippen molar-refractivity contribution >= 4 is 12.0 Å². The number of rotatable bonds is 2. The highest BCUT2D eigenvalue weighted by Gasteiger charge is 1.98. The average molecular weight is 174 g/mol. The highest BCUT2D eigenvalue weighted by Crippen LogP contribution is 2.08. The lowest BCUT2D eigenvalue weighted by atomic mass is 10.7. The lowest BCUT2D eigenvalue weighted by Gasteiger charge is -1.92. The number of aromatic amines is 2. The third-order valence-corrected chi connectivity index (χ3v) is 1.61. The monoisotopic (exact) mass is 174 g/mol. The molecule has 1 aromatic heterocycles. The van der Waals surface area contributed by atoms with E-state index in [1.807, 2.05) is 0 Å². The van der Waals surface area contributed by atoms with Crippen molar-refractivity contribution in [2.24, 2.45) is 0 Å². The van der Waals surface area contributed by atoms with Crippen LogP contribution in [0.1, 0.15) is 0 Å². The second-order valence-electron chi connectivity index (χ2n) is 1.69. The zero-order valence-electron chi connectivity index (χ0n) is 5.71. The molecule has 0 unspecified atom stereocenters. The molecular weight excluding hydrogens is 168 g/mol. The van der Waals surface area contributed by atoms with Gasteiger partial charge in [0.05, 0.1) is 7.11 Å². The molecule has 0 spiro atoms. The summed E-state index contributed by atoms with van der Waals surface area (Å²) in [6.07, 6.45) is 1.30. The Bertz CT molecular complexity index is 342. The van der Waals surface area contributed by atoms with Gasteiger partial charge in [-0.3, -0.25) is 9.78 Å². The van der Waals surface area contributed by atoms with E-state index in [0.717, 1.165) is 12.0 Å². The molecule has 0 saturated heterocycles. The molecule has 5 nitrogen and oxygen atoms in total. The average Bonchev–Trinajstić information content (AvgIpc) is 1.95. The molecule has 0 aromatic carbocycles. The standard InChI is InChI=1S/C5H6N2O3S/c1-10-11-3-2-6-5(9)7-4(3)8/h2H,1H3,(H2,6,7,8,9). The van der Waals surface area contributed by atoms with Gasteiger partial charge in [0.15, 0.2) is 0 Å². The van der Waals surface area contributed by atoms with E-state index in [-0.39, 0.29) is 0 Å². The van der Waals surface area contributed by atoms with Crippen LogP contribution in [-0.2, 0) is 4.18 Å². The minimum atomic E-state index is -0.518. The number of aromatic nitrogens is 2. The molecular formula is C5H6N2O3S. The van der Waals surface area contributed by atoms with E-state index in [2.05, 4.69) is 14.2 Å². The second kappa shape index (κ2) is 3.40. The highest BCUT2D eigenvalue weighted by atomic mass is 32.2. The molecule has 60 valence electrons. The molecule has 0 amide bonds. The molecule has 0 aliphatic heterocycles. The van der Waals surface area contributed by atoms with Gasteiger partial charge >= 0.3 is 5.69 Å². The summed E-state index contributed by atoms with van der Waals surface area (Å²) in [4.78, 5) is 26.0. The first-order chi connectivity index (χ1) is 5.24. The Morgan fingerprint density at radius 1 is 1.55 bits per heavy atom. The molecule has 1 heterocycles. The van der Waals surface area contributed by atoms with Crippen molar-refractivity contribution in [3.05, 3.63) is 27.0 Å². The van der Waals surface area contributed by atoms with Gasteiger partial charge in [0.1, 0.15) is 4.90 Å². The smallest absolute Gasteiger partial charge is 0.313 e. The normalized spacial score (nSPS) is 9.91. The lowest BCUT2D eigenvalue weighted by molar-refractivity contribution is 0.489. The van der Waals surface area contributed by atoms with Gasteiger partial charge in [-0.2, -0.15) is 0 Å². The molecule has 11 heavy (non-hydrogen) atoms. The third kappa shape index (κ3) is 1.95. The number of nitrogens with one attached hydrogen (secondary N) is 2. The van der Waals surface area contributed by atoms with E-state index < -0.39 is 11.2 Å². The molecule has 0 fully saturated rings. The Morgan fingerprint density at radius 3 is 2.82 bits per heavy atom. The maximum absolute atomic E-state index is 10.9. The quantitative estimate of drug-likeness (QED) is 0.604. The molecule has 0 saturated carbocycles. The van der Waals surface area contributed by atoms with E-state index in [9.17, 15) is 9.59 Å². The van der Waals surface area contributed by atoms with E-state index in [1.165, 1.54) is 13.3 Å². The van der Waals surface area contributed by atoms with Crippen LogP contribution in [0.15, 0.2) is 20.7 Å². The fourth-order valence-electron chi connectivity index (χ4n) is 0.549. The van der Waals surface area contributed by atoms with Gasteiger partial charge < -0.3 is 9.17 Å². The first kappa shape index (κ1) is 8.09. The number of hydrogen-bond acceptors (Lipinski definition) is 4. The molecule has 1 rings (SSSR count). The predicted molar refractivity (Wildman–Crippen MR) is 40.5 cm³/mol. The van der Waals surface area contributed by atoms with Gasteiger partial charge in [0.25, 0.3) is 5.56 Å². The van der Waals surface area contributed by atoms with E-state index >= 15 is 0 Å². The summed E-state index contributed by atoms with van der Waals surface area (Å²) < 4.78 is 4.62. The Hall–Kier alpha value is -1.01. The Labute approximate surface area is 66.0 Å². The van der Waals surface area contributed by atoms with Crippen molar-refractivity contribution in [2.75, 3.05) is 7.11 Å². The van der Waals surface area contributed by atoms with E-state index in [4.69, 9.17) is 0 Å². The van der Waals surface area contributed by atoms with Crippen LogP contribution >= 0.6 is 12.0 Å². The van der Waals surface area contributed by atoms with Crippen LogP contribution in [0.4, 0.5) is 0 Å². The Kier molecular flexibility index (Phi) is 2.50. The zero-order valence-corrected chi connectivity index (χ0v) is 6.53. The molecule has 0 aliphatic carbocycles. The second-order valence-corrected chi connectivity index (χ2v) is 2.63. The van der Waals surface area contributed by atoms with Crippen molar-refractivity contribution in [3.8, 4) is 0 Å². The van der Waals surface area contributed by atoms with E-state index in [1.54, 1.807) is 0 Å². The topological polar surface area (TPSA) is 75.0 Å². The van der Waals surface area contributed by atoms with Crippen molar-refractivity contribution in [2.45, 2.75) is 4.90 Å². The van der Waals surface area contributed by atoms with Crippen LogP contribution in [0.25, 0.3) is 0 Å². The van der Waals surface area contributed by atoms with Crippen molar-refractivity contribution in [1.82, 2.24) is 9.97 Å². The minimum absolute atomic E-state index is 0.326. The first-order valence-corrected chi connectivity index (χ1v) is 3.51. The first-order valence-electron chi connectivity index (χ1n) is 2.76. The SMILES string of the molecule is COSc1c[nH]c(=O)[nH]c1=O. The van der Waals surface area contributed by atoms with Crippen LogP contribution < -0.4 is 11.2 Å². The molecule has 0 aliphatic rings. The summed E-state index contributed by atoms with van der Waals surface area (Å²) in [6.45, 7) is 0. The fourth-order valence-corrected chi connectivity index (χ4v) is 0.962. The number of hydrogen-bond donors (Lipinski definition) is 2. The van der Waals surface area contributed by atoms with Gasteiger partial charge in [0, 0.05) is 18.2 Å². The van der Waals surface area contributed by atoms with Crippen molar-refractivity contribution in [3.63, 3.8) is 0 Å². The largest absolute Gasteiger partial charge is 0.325 e. The summed E-state index contributed by atoms with van der Waals surface area (Å²) in [5.74, 6) is 0.